The Labute approximate surface area is 175 Å². The van der Waals surface area contributed by atoms with E-state index < -0.39 is 0 Å². The standard InChI is InChI=1S/C24H23N5O/c30-24-23(15-19-9-3-1-4-10-19)28(17-27(24)16-20-11-5-2-6-12-20)18-29-22-14-8-7-13-21(22)25-26-29/h1-14,23H,15-18H2/t23-/m0/s1. The van der Waals surface area contributed by atoms with Crippen LogP contribution in [0.3, 0.4) is 0 Å². The van der Waals surface area contributed by atoms with E-state index in [0.29, 0.717) is 26.3 Å². The summed E-state index contributed by atoms with van der Waals surface area (Å²) in [5, 5.41) is 8.59. The molecule has 1 atom stereocenters. The van der Waals surface area contributed by atoms with E-state index in [4.69, 9.17) is 0 Å². The minimum Gasteiger partial charge on any atom is -0.324 e. The maximum atomic E-state index is 13.4. The molecule has 0 spiro atoms. The highest BCUT2D eigenvalue weighted by atomic mass is 16.2. The first-order chi connectivity index (χ1) is 14.8. The lowest BCUT2D eigenvalue weighted by atomic mass is 10.1. The molecule has 150 valence electrons. The number of para-hydroxylation sites is 1. The van der Waals surface area contributed by atoms with E-state index in [-0.39, 0.29) is 11.9 Å². The molecule has 30 heavy (non-hydrogen) atoms. The third-order valence-corrected chi connectivity index (χ3v) is 5.61. The highest BCUT2D eigenvalue weighted by Crippen LogP contribution is 2.23. The molecule has 5 rings (SSSR count). The molecule has 1 aromatic heterocycles. The van der Waals surface area contributed by atoms with Gasteiger partial charge in [0.1, 0.15) is 5.52 Å². The lowest BCUT2D eigenvalue weighted by Gasteiger charge is -2.21. The predicted molar refractivity (Wildman–Crippen MR) is 115 cm³/mol. The summed E-state index contributed by atoms with van der Waals surface area (Å²) in [6, 6.07) is 28.0. The summed E-state index contributed by atoms with van der Waals surface area (Å²) in [6.07, 6.45) is 0.678. The Balaban J connectivity index is 1.42. The molecule has 0 N–H and O–H groups in total. The highest BCUT2D eigenvalue weighted by molar-refractivity contribution is 5.84. The van der Waals surface area contributed by atoms with Gasteiger partial charge in [0.15, 0.2) is 0 Å². The van der Waals surface area contributed by atoms with Gasteiger partial charge in [-0.2, -0.15) is 0 Å². The number of nitrogens with zero attached hydrogens (tertiary/aromatic N) is 5. The van der Waals surface area contributed by atoms with E-state index in [0.717, 1.165) is 22.2 Å². The Hall–Kier alpha value is -3.51. The van der Waals surface area contributed by atoms with E-state index in [1.54, 1.807) is 0 Å². The average Bonchev–Trinajstić information content (AvgIpc) is 3.32. The van der Waals surface area contributed by atoms with Crippen LogP contribution >= 0.6 is 0 Å². The molecule has 2 heterocycles. The van der Waals surface area contributed by atoms with E-state index in [1.165, 1.54) is 0 Å². The van der Waals surface area contributed by atoms with Crippen LogP contribution in [0.2, 0.25) is 0 Å². The molecule has 6 nitrogen and oxygen atoms in total. The van der Waals surface area contributed by atoms with Crippen LogP contribution in [-0.4, -0.2) is 43.4 Å². The monoisotopic (exact) mass is 397 g/mol. The van der Waals surface area contributed by atoms with E-state index in [2.05, 4.69) is 39.5 Å². The Morgan fingerprint density at radius 1 is 0.833 bits per heavy atom. The molecule has 0 bridgehead atoms. The second-order valence-corrected chi connectivity index (χ2v) is 7.68. The van der Waals surface area contributed by atoms with Crippen molar-refractivity contribution in [2.45, 2.75) is 25.7 Å². The van der Waals surface area contributed by atoms with Crippen molar-refractivity contribution in [3.63, 3.8) is 0 Å². The summed E-state index contributed by atoms with van der Waals surface area (Å²) in [7, 11) is 0. The van der Waals surface area contributed by atoms with Crippen LogP contribution in [0, 0.1) is 0 Å². The zero-order valence-electron chi connectivity index (χ0n) is 16.6. The number of fused-ring (bicyclic) bond motifs is 1. The fourth-order valence-electron chi connectivity index (χ4n) is 4.08. The van der Waals surface area contributed by atoms with E-state index in [9.17, 15) is 4.79 Å². The van der Waals surface area contributed by atoms with Gasteiger partial charge in [-0.15, -0.1) is 5.10 Å². The third kappa shape index (κ3) is 3.69. The van der Waals surface area contributed by atoms with E-state index >= 15 is 0 Å². The number of hydrogen-bond acceptors (Lipinski definition) is 4. The molecule has 1 fully saturated rings. The van der Waals surface area contributed by atoms with Gasteiger partial charge in [-0.3, -0.25) is 9.69 Å². The average molecular weight is 397 g/mol. The molecule has 1 amide bonds. The van der Waals surface area contributed by atoms with Crippen molar-refractivity contribution in [2.75, 3.05) is 6.67 Å². The van der Waals surface area contributed by atoms with Crippen LogP contribution in [0.15, 0.2) is 84.9 Å². The van der Waals surface area contributed by atoms with Gasteiger partial charge in [0.05, 0.1) is 24.9 Å². The smallest absolute Gasteiger partial charge is 0.241 e. The Morgan fingerprint density at radius 2 is 1.50 bits per heavy atom. The minimum atomic E-state index is -0.223. The van der Waals surface area contributed by atoms with Crippen LogP contribution in [0.5, 0.6) is 0 Å². The number of aromatic nitrogens is 3. The largest absolute Gasteiger partial charge is 0.324 e. The highest BCUT2D eigenvalue weighted by Gasteiger charge is 2.38. The van der Waals surface area contributed by atoms with Gasteiger partial charge in [0.2, 0.25) is 5.91 Å². The van der Waals surface area contributed by atoms with Gasteiger partial charge in [-0.1, -0.05) is 78.0 Å². The van der Waals surface area contributed by atoms with Crippen molar-refractivity contribution in [1.29, 1.82) is 0 Å². The molecule has 0 radical (unpaired) electrons. The van der Waals surface area contributed by atoms with Crippen LogP contribution in [0.4, 0.5) is 0 Å². The molecule has 6 heteroatoms. The molecule has 1 aliphatic heterocycles. The van der Waals surface area contributed by atoms with Crippen LogP contribution < -0.4 is 0 Å². The maximum Gasteiger partial charge on any atom is 0.241 e. The topological polar surface area (TPSA) is 54.3 Å². The summed E-state index contributed by atoms with van der Waals surface area (Å²) in [6.45, 7) is 1.70. The third-order valence-electron chi connectivity index (χ3n) is 5.61. The predicted octanol–water partition coefficient (Wildman–Crippen LogP) is 3.30. The Bertz CT molecular complexity index is 1140. The number of rotatable bonds is 6. The van der Waals surface area contributed by atoms with Gasteiger partial charge >= 0.3 is 0 Å². The van der Waals surface area contributed by atoms with Crippen molar-refractivity contribution in [1.82, 2.24) is 24.8 Å². The number of hydrogen-bond donors (Lipinski definition) is 0. The molecule has 1 aliphatic rings. The molecule has 0 saturated carbocycles. The SMILES string of the molecule is O=C1[C@H](Cc2ccccc2)N(Cn2nnc3ccccc32)CN1Cc1ccccc1. The second kappa shape index (κ2) is 8.08. The summed E-state index contributed by atoms with van der Waals surface area (Å²) in [5.41, 5.74) is 4.14. The first-order valence-corrected chi connectivity index (χ1v) is 10.2. The van der Waals surface area contributed by atoms with Crippen molar-refractivity contribution in [3.8, 4) is 0 Å². The summed E-state index contributed by atoms with van der Waals surface area (Å²) in [4.78, 5) is 17.5. The van der Waals surface area contributed by atoms with Gasteiger partial charge in [0.25, 0.3) is 0 Å². The summed E-state index contributed by atoms with van der Waals surface area (Å²) in [5.74, 6) is 0.159. The molecular weight excluding hydrogens is 374 g/mol. The maximum absolute atomic E-state index is 13.4. The summed E-state index contributed by atoms with van der Waals surface area (Å²) >= 11 is 0. The molecule has 3 aromatic carbocycles. The van der Waals surface area contributed by atoms with Crippen LogP contribution in [0.1, 0.15) is 11.1 Å². The van der Waals surface area contributed by atoms with Crippen molar-refractivity contribution >= 4 is 16.9 Å². The molecular formula is C24H23N5O. The number of amides is 1. The Kier molecular flexibility index (Phi) is 4.99. The number of benzene rings is 3. The lowest BCUT2D eigenvalue weighted by molar-refractivity contribution is -0.129. The van der Waals surface area contributed by atoms with Gasteiger partial charge in [-0.05, 0) is 29.7 Å². The van der Waals surface area contributed by atoms with Crippen molar-refractivity contribution < 1.29 is 4.79 Å². The normalized spacial score (nSPS) is 17.1. The zero-order valence-corrected chi connectivity index (χ0v) is 16.6. The minimum absolute atomic E-state index is 0.159. The lowest BCUT2D eigenvalue weighted by Crippen LogP contribution is -2.36. The molecule has 0 aliphatic carbocycles. The molecule has 1 saturated heterocycles. The van der Waals surface area contributed by atoms with Gasteiger partial charge in [0, 0.05) is 6.54 Å². The zero-order chi connectivity index (χ0) is 20.3. The van der Waals surface area contributed by atoms with Gasteiger partial charge < -0.3 is 4.90 Å². The number of carbonyl (C=O) groups excluding carboxylic acids is 1. The molecule has 0 unspecified atom stereocenters. The fraction of sp³-hybridized carbons (Fsp3) is 0.208. The Morgan fingerprint density at radius 3 is 2.27 bits per heavy atom. The first-order valence-electron chi connectivity index (χ1n) is 10.2. The summed E-state index contributed by atoms with van der Waals surface area (Å²) < 4.78 is 1.88. The van der Waals surface area contributed by atoms with Crippen LogP contribution in [-0.2, 0) is 24.4 Å². The van der Waals surface area contributed by atoms with Crippen LogP contribution in [0.25, 0.3) is 11.0 Å². The second-order valence-electron chi connectivity index (χ2n) is 7.68. The first kappa shape index (κ1) is 18.5. The van der Waals surface area contributed by atoms with E-state index in [1.807, 2.05) is 70.2 Å². The molecule has 4 aromatic rings. The van der Waals surface area contributed by atoms with Crippen molar-refractivity contribution in [3.05, 3.63) is 96.1 Å². The number of carbonyl (C=O) groups is 1. The fourth-order valence-corrected chi connectivity index (χ4v) is 4.08. The van der Waals surface area contributed by atoms with Gasteiger partial charge in [-0.25, -0.2) is 4.68 Å². The quantitative estimate of drug-likeness (QED) is 0.501. The van der Waals surface area contributed by atoms with Crippen molar-refractivity contribution in [2.24, 2.45) is 0 Å².